The summed E-state index contributed by atoms with van der Waals surface area (Å²) in [5.41, 5.74) is 1.36. The minimum absolute atomic E-state index is 0.423. The van der Waals surface area contributed by atoms with Crippen LogP contribution in [0.5, 0.6) is 0 Å². The van der Waals surface area contributed by atoms with E-state index in [2.05, 4.69) is 73.2 Å². The van der Waals surface area contributed by atoms with Gasteiger partial charge in [0.15, 0.2) is 0 Å². The highest BCUT2D eigenvalue weighted by Gasteiger charge is 2.14. The molecule has 102 valence electrons. The molecule has 2 unspecified atom stereocenters. The third-order valence-electron chi connectivity index (χ3n) is 3.73. The van der Waals surface area contributed by atoms with Gasteiger partial charge in [-0.1, -0.05) is 55.3 Å². The Balaban J connectivity index is 2.56. The Morgan fingerprint density at radius 2 is 1.67 bits per heavy atom. The second-order valence-electron chi connectivity index (χ2n) is 5.29. The molecule has 0 aliphatic carbocycles. The van der Waals surface area contributed by atoms with Crippen molar-refractivity contribution in [3.05, 3.63) is 34.3 Å². The highest BCUT2D eigenvalue weighted by molar-refractivity contribution is 9.10. The Kier molecular flexibility index (Phi) is 6.95. The van der Waals surface area contributed by atoms with Crippen LogP contribution in [0.1, 0.15) is 58.6 Å². The van der Waals surface area contributed by atoms with Gasteiger partial charge in [-0.3, -0.25) is 0 Å². The second kappa shape index (κ2) is 7.96. The first-order valence-electron chi connectivity index (χ1n) is 7.08. The van der Waals surface area contributed by atoms with Crippen molar-refractivity contribution in [1.82, 2.24) is 5.32 Å². The van der Waals surface area contributed by atoms with Crippen LogP contribution in [0, 0.1) is 5.92 Å². The van der Waals surface area contributed by atoms with Crippen LogP contribution in [-0.2, 0) is 0 Å². The van der Waals surface area contributed by atoms with E-state index in [0.29, 0.717) is 12.1 Å². The van der Waals surface area contributed by atoms with Crippen LogP contribution in [0.15, 0.2) is 28.7 Å². The molecule has 3 atom stereocenters. The zero-order valence-electron chi connectivity index (χ0n) is 12.0. The van der Waals surface area contributed by atoms with Crippen LogP contribution in [-0.4, -0.2) is 6.04 Å². The fraction of sp³-hybridized carbons (Fsp3) is 0.625. The minimum atomic E-state index is 0.423. The Bertz CT molecular complexity index is 333. The summed E-state index contributed by atoms with van der Waals surface area (Å²) in [5, 5.41) is 3.75. The zero-order chi connectivity index (χ0) is 13.5. The maximum atomic E-state index is 3.75. The highest BCUT2D eigenvalue weighted by atomic mass is 79.9. The lowest BCUT2D eigenvalue weighted by molar-refractivity contribution is 0.359. The number of benzene rings is 1. The Morgan fingerprint density at radius 1 is 1.06 bits per heavy atom. The van der Waals surface area contributed by atoms with Crippen molar-refractivity contribution in [3.8, 4) is 0 Å². The minimum Gasteiger partial charge on any atom is -0.307 e. The number of hydrogen-bond acceptors (Lipinski definition) is 1. The van der Waals surface area contributed by atoms with Gasteiger partial charge in [0.2, 0.25) is 0 Å². The molecule has 0 aromatic heterocycles. The number of halogens is 1. The molecule has 0 saturated heterocycles. The van der Waals surface area contributed by atoms with E-state index in [1.165, 1.54) is 24.8 Å². The quantitative estimate of drug-likeness (QED) is 0.719. The SMILES string of the molecule is CCC(C)CC(CC)N[C@@H](C)c1ccc(Br)cc1. The summed E-state index contributed by atoms with van der Waals surface area (Å²) in [5.74, 6) is 0.805. The molecule has 1 nitrogen and oxygen atoms in total. The van der Waals surface area contributed by atoms with Gasteiger partial charge in [-0.15, -0.1) is 0 Å². The van der Waals surface area contributed by atoms with E-state index in [-0.39, 0.29) is 0 Å². The normalized spacial score (nSPS) is 16.3. The van der Waals surface area contributed by atoms with E-state index in [1.807, 2.05) is 0 Å². The summed E-state index contributed by atoms with van der Waals surface area (Å²) in [6.45, 7) is 9.14. The van der Waals surface area contributed by atoms with Crippen LogP contribution < -0.4 is 5.32 Å². The van der Waals surface area contributed by atoms with Gasteiger partial charge >= 0.3 is 0 Å². The van der Waals surface area contributed by atoms with Crippen molar-refractivity contribution in [2.24, 2.45) is 5.92 Å². The lowest BCUT2D eigenvalue weighted by Gasteiger charge is -2.25. The van der Waals surface area contributed by atoms with Gasteiger partial charge in [0.1, 0.15) is 0 Å². The highest BCUT2D eigenvalue weighted by Crippen LogP contribution is 2.19. The molecule has 18 heavy (non-hydrogen) atoms. The summed E-state index contributed by atoms with van der Waals surface area (Å²) < 4.78 is 1.14. The third kappa shape index (κ3) is 5.11. The van der Waals surface area contributed by atoms with Crippen molar-refractivity contribution < 1.29 is 0 Å². The zero-order valence-corrected chi connectivity index (χ0v) is 13.6. The lowest BCUT2D eigenvalue weighted by atomic mass is 9.96. The van der Waals surface area contributed by atoms with Gasteiger partial charge in [0.05, 0.1) is 0 Å². The van der Waals surface area contributed by atoms with Gasteiger partial charge in [0.25, 0.3) is 0 Å². The monoisotopic (exact) mass is 311 g/mol. The largest absolute Gasteiger partial charge is 0.307 e. The van der Waals surface area contributed by atoms with E-state index in [4.69, 9.17) is 0 Å². The molecule has 2 heteroatoms. The average molecular weight is 312 g/mol. The third-order valence-corrected chi connectivity index (χ3v) is 4.26. The molecular formula is C16H26BrN. The molecule has 1 N–H and O–H groups in total. The molecule has 1 aromatic carbocycles. The average Bonchev–Trinajstić information content (AvgIpc) is 2.38. The van der Waals surface area contributed by atoms with Crippen LogP contribution in [0.4, 0.5) is 0 Å². The van der Waals surface area contributed by atoms with Crippen molar-refractivity contribution in [3.63, 3.8) is 0 Å². The van der Waals surface area contributed by atoms with Crippen molar-refractivity contribution >= 4 is 15.9 Å². The van der Waals surface area contributed by atoms with Crippen molar-refractivity contribution in [1.29, 1.82) is 0 Å². The van der Waals surface area contributed by atoms with E-state index in [9.17, 15) is 0 Å². The number of rotatable bonds is 7. The van der Waals surface area contributed by atoms with E-state index >= 15 is 0 Å². The molecule has 0 saturated carbocycles. The van der Waals surface area contributed by atoms with Gasteiger partial charge in [-0.05, 0) is 43.4 Å². The van der Waals surface area contributed by atoms with Crippen molar-refractivity contribution in [2.45, 2.75) is 59.0 Å². The van der Waals surface area contributed by atoms with Gasteiger partial charge in [-0.25, -0.2) is 0 Å². The molecular weight excluding hydrogens is 286 g/mol. The van der Waals surface area contributed by atoms with E-state index in [1.54, 1.807) is 0 Å². The first kappa shape index (κ1) is 15.7. The summed E-state index contributed by atoms with van der Waals surface area (Å²) in [6, 6.07) is 9.66. The molecule has 0 bridgehead atoms. The second-order valence-corrected chi connectivity index (χ2v) is 6.21. The summed E-state index contributed by atoms with van der Waals surface area (Å²) in [4.78, 5) is 0. The first-order chi connectivity index (χ1) is 8.56. The van der Waals surface area contributed by atoms with E-state index in [0.717, 1.165) is 10.4 Å². The molecule has 0 aliphatic rings. The molecule has 0 radical (unpaired) electrons. The van der Waals surface area contributed by atoms with Crippen molar-refractivity contribution in [2.75, 3.05) is 0 Å². The molecule has 0 heterocycles. The van der Waals surface area contributed by atoms with Crippen LogP contribution in [0.25, 0.3) is 0 Å². The summed E-state index contributed by atoms with van der Waals surface area (Å²) >= 11 is 3.48. The lowest BCUT2D eigenvalue weighted by Crippen LogP contribution is -2.32. The van der Waals surface area contributed by atoms with Crippen LogP contribution in [0.3, 0.4) is 0 Å². The number of hydrogen-bond donors (Lipinski definition) is 1. The van der Waals surface area contributed by atoms with Gasteiger partial charge in [-0.2, -0.15) is 0 Å². The van der Waals surface area contributed by atoms with Crippen LogP contribution in [0.2, 0.25) is 0 Å². The predicted octanol–water partition coefficient (Wildman–Crippen LogP) is 5.31. The maximum absolute atomic E-state index is 3.75. The van der Waals surface area contributed by atoms with E-state index < -0.39 is 0 Å². The summed E-state index contributed by atoms with van der Waals surface area (Å²) in [6.07, 6.45) is 3.74. The maximum Gasteiger partial charge on any atom is 0.0294 e. The fourth-order valence-electron chi connectivity index (χ4n) is 2.21. The standard InChI is InChI=1S/C16H26BrN/c1-5-12(3)11-16(6-2)18-13(4)14-7-9-15(17)10-8-14/h7-10,12-13,16,18H,5-6,11H2,1-4H3/t12?,13-,16?/m0/s1. The number of nitrogens with one attached hydrogen (secondary N) is 1. The summed E-state index contributed by atoms with van der Waals surface area (Å²) in [7, 11) is 0. The fourth-order valence-corrected chi connectivity index (χ4v) is 2.47. The molecule has 0 spiro atoms. The Labute approximate surface area is 120 Å². The van der Waals surface area contributed by atoms with Gasteiger partial charge in [0, 0.05) is 16.6 Å². The first-order valence-corrected chi connectivity index (χ1v) is 7.87. The molecule has 0 aliphatic heterocycles. The molecule has 0 amide bonds. The van der Waals surface area contributed by atoms with Crippen LogP contribution >= 0.6 is 15.9 Å². The van der Waals surface area contributed by atoms with Gasteiger partial charge < -0.3 is 5.32 Å². The predicted molar refractivity (Wildman–Crippen MR) is 83.8 cm³/mol. The topological polar surface area (TPSA) is 12.0 Å². The molecule has 1 rings (SSSR count). The molecule has 1 aromatic rings. The Hall–Kier alpha value is -0.340. The Morgan fingerprint density at radius 3 is 2.17 bits per heavy atom. The smallest absolute Gasteiger partial charge is 0.0294 e. The molecule has 0 fully saturated rings.